The topological polar surface area (TPSA) is 47.9 Å². The maximum Gasteiger partial charge on any atom is 0.194 e. The number of guanidine groups is 1. The van der Waals surface area contributed by atoms with Gasteiger partial charge < -0.3 is 15.3 Å². The Morgan fingerprint density at radius 3 is 2.92 bits per heavy atom. The Labute approximate surface area is 172 Å². The third-order valence-corrected chi connectivity index (χ3v) is 6.29. The van der Waals surface area contributed by atoms with Crippen LogP contribution in [-0.4, -0.2) is 59.3 Å². The summed E-state index contributed by atoms with van der Waals surface area (Å²) < 4.78 is 0. The van der Waals surface area contributed by atoms with Gasteiger partial charge in [0.05, 0.1) is 12.1 Å². The summed E-state index contributed by atoms with van der Waals surface area (Å²) in [5, 5.41) is 14.0. The maximum absolute atomic E-state index is 10.5. The molecule has 2 unspecified atom stereocenters. The van der Waals surface area contributed by atoms with Gasteiger partial charge in [0.1, 0.15) is 0 Å². The summed E-state index contributed by atoms with van der Waals surface area (Å²) >= 11 is 1.82. The molecule has 2 fully saturated rings. The summed E-state index contributed by atoms with van der Waals surface area (Å²) in [5.41, 5.74) is 2.23. The van der Waals surface area contributed by atoms with Crippen molar-refractivity contribution in [1.82, 2.24) is 10.2 Å². The molecule has 0 saturated carbocycles. The predicted octanol–water partition coefficient (Wildman–Crippen LogP) is 3.24. The molecule has 140 valence electrons. The number of thioether (sulfide) groups is 1. The largest absolute Gasteiger partial charge is 0.387 e. The van der Waals surface area contributed by atoms with Gasteiger partial charge in [-0.1, -0.05) is 24.3 Å². The van der Waals surface area contributed by atoms with Gasteiger partial charge in [0.25, 0.3) is 0 Å². The molecule has 2 aliphatic heterocycles. The normalized spacial score (nSPS) is 26.6. The first-order chi connectivity index (χ1) is 11.6. The summed E-state index contributed by atoms with van der Waals surface area (Å²) in [5.74, 6) is 3.38. The number of hydrogen-bond acceptors (Lipinski definition) is 3. The molecule has 1 aromatic rings. The van der Waals surface area contributed by atoms with E-state index in [2.05, 4.69) is 48.3 Å². The summed E-state index contributed by atoms with van der Waals surface area (Å²) in [6.07, 6.45) is 2.02. The average Bonchev–Trinajstić information content (AvgIpc) is 3.22. The van der Waals surface area contributed by atoms with Gasteiger partial charge in [0.15, 0.2) is 5.96 Å². The number of rotatable bonds is 4. The van der Waals surface area contributed by atoms with Crippen LogP contribution in [0, 0.1) is 6.92 Å². The van der Waals surface area contributed by atoms with Crippen molar-refractivity contribution < 1.29 is 5.11 Å². The number of aryl methyl sites for hydroxylation is 1. The third-order valence-electron chi connectivity index (χ3n) is 5.06. The Kier molecular flexibility index (Phi) is 7.89. The van der Waals surface area contributed by atoms with E-state index < -0.39 is 5.60 Å². The van der Waals surface area contributed by atoms with Crippen molar-refractivity contribution in [3.05, 3.63) is 35.4 Å². The molecule has 2 saturated heterocycles. The van der Waals surface area contributed by atoms with Crippen LogP contribution in [0.2, 0.25) is 0 Å². The molecular formula is C19H30IN3OS. The number of halogens is 1. The second-order valence-corrected chi connectivity index (χ2v) is 8.09. The molecule has 2 heterocycles. The minimum atomic E-state index is -0.611. The number of aliphatic imine (C=N–C) groups is 1. The van der Waals surface area contributed by atoms with Crippen LogP contribution in [0.25, 0.3) is 0 Å². The highest BCUT2D eigenvalue weighted by Gasteiger charge is 2.32. The molecular weight excluding hydrogens is 445 g/mol. The summed E-state index contributed by atoms with van der Waals surface area (Å²) in [4.78, 5) is 7.12. The van der Waals surface area contributed by atoms with E-state index in [1.165, 1.54) is 11.1 Å². The van der Waals surface area contributed by atoms with E-state index in [1.54, 1.807) is 0 Å². The van der Waals surface area contributed by atoms with E-state index in [1.807, 2.05) is 11.8 Å². The van der Waals surface area contributed by atoms with Crippen LogP contribution in [0.15, 0.2) is 29.3 Å². The van der Waals surface area contributed by atoms with Crippen molar-refractivity contribution >= 4 is 41.7 Å². The van der Waals surface area contributed by atoms with Crippen LogP contribution in [-0.2, 0) is 0 Å². The minimum Gasteiger partial charge on any atom is -0.387 e. The first kappa shape index (κ1) is 20.8. The summed E-state index contributed by atoms with van der Waals surface area (Å²) in [6.45, 7) is 7.70. The fraction of sp³-hybridized carbons (Fsp3) is 0.632. The second-order valence-electron chi connectivity index (χ2n) is 6.99. The van der Waals surface area contributed by atoms with Crippen LogP contribution in [0.1, 0.15) is 36.8 Å². The molecule has 0 spiro atoms. The highest BCUT2D eigenvalue weighted by molar-refractivity contribution is 14.0. The Bertz CT molecular complexity index is 590. The zero-order valence-corrected chi connectivity index (χ0v) is 18.3. The Hall–Kier alpha value is -0.470. The zero-order valence-electron chi connectivity index (χ0n) is 15.2. The number of likely N-dealkylation sites (tertiary alicyclic amines) is 1. The third kappa shape index (κ3) is 5.26. The van der Waals surface area contributed by atoms with Gasteiger partial charge in [0, 0.05) is 31.3 Å². The lowest BCUT2D eigenvalue weighted by molar-refractivity contribution is 0.0776. The molecule has 0 bridgehead atoms. The molecule has 2 atom stereocenters. The van der Waals surface area contributed by atoms with E-state index in [4.69, 9.17) is 4.99 Å². The molecule has 0 amide bonds. The monoisotopic (exact) mass is 475 g/mol. The molecule has 0 radical (unpaired) electrons. The van der Waals surface area contributed by atoms with Gasteiger partial charge in [-0.15, -0.1) is 24.0 Å². The van der Waals surface area contributed by atoms with Crippen LogP contribution >= 0.6 is 35.7 Å². The van der Waals surface area contributed by atoms with Gasteiger partial charge in [-0.05, 0) is 43.6 Å². The molecule has 0 aliphatic carbocycles. The van der Waals surface area contributed by atoms with E-state index in [-0.39, 0.29) is 24.0 Å². The van der Waals surface area contributed by atoms with Crippen molar-refractivity contribution in [3.63, 3.8) is 0 Å². The lowest BCUT2D eigenvalue weighted by atomic mass is 9.94. The first-order valence-electron chi connectivity index (χ1n) is 9.00. The quantitative estimate of drug-likeness (QED) is 0.399. The smallest absolute Gasteiger partial charge is 0.194 e. The maximum atomic E-state index is 10.5. The van der Waals surface area contributed by atoms with Gasteiger partial charge >= 0.3 is 0 Å². The number of benzene rings is 1. The number of nitrogens with zero attached hydrogens (tertiary/aromatic N) is 2. The van der Waals surface area contributed by atoms with Gasteiger partial charge in [-0.3, -0.25) is 4.99 Å². The van der Waals surface area contributed by atoms with Gasteiger partial charge in [-0.2, -0.15) is 11.8 Å². The highest BCUT2D eigenvalue weighted by Crippen LogP contribution is 2.30. The molecule has 0 aromatic heterocycles. The van der Waals surface area contributed by atoms with Crippen molar-refractivity contribution in [3.8, 4) is 0 Å². The fourth-order valence-corrected chi connectivity index (χ4v) is 4.90. The minimum absolute atomic E-state index is 0. The number of aliphatic hydroxyl groups is 1. The lowest BCUT2D eigenvalue weighted by Gasteiger charge is -2.24. The van der Waals surface area contributed by atoms with Crippen molar-refractivity contribution in [2.24, 2.45) is 4.99 Å². The molecule has 2 aliphatic rings. The Morgan fingerprint density at radius 2 is 2.24 bits per heavy atom. The molecule has 25 heavy (non-hydrogen) atoms. The van der Waals surface area contributed by atoms with Crippen LogP contribution in [0.5, 0.6) is 0 Å². The predicted molar refractivity (Wildman–Crippen MR) is 118 cm³/mol. The first-order valence-corrected chi connectivity index (χ1v) is 10.2. The molecule has 1 aromatic carbocycles. The average molecular weight is 475 g/mol. The van der Waals surface area contributed by atoms with Crippen LogP contribution < -0.4 is 5.32 Å². The lowest BCUT2D eigenvalue weighted by Crippen LogP contribution is -2.42. The molecule has 4 nitrogen and oxygen atoms in total. The Balaban J connectivity index is 0.00000225. The Morgan fingerprint density at radius 1 is 1.44 bits per heavy atom. The van der Waals surface area contributed by atoms with Gasteiger partial charge in [0.2, 0.25) is 0 Å². The summed E-state index contributed by atoms with van der Waals surface area (Å²) in [6, 6.07) is 8.70. The van der Waals surface area contributed by atoms with Gasteiger partial charge in [-0.25, -0.2) is 0 Å². The highest BCUT2D eigenvalue weighted by atomic mass is 127. The van der Waals surface area contributed by atoms with Crippen LogP contribution in [0.4, 0.5) is 0 Å². The fourth-order valence-electron chi connectivity index (χ4n) is 3.62. The van der Waals surface area contributed by atoms with E-state index in [0.717, 1.165) is 49.9 Å². The van der Waals surface area contributed by atoms with Crippen molar-refractivity contribution in [1.29, 1.82) is 0 Å². The molecule has 3 rings (SSSR count). The standard InChI is InChI=1S/C19H29N3OS.HI/c1-3-20-18(21-13-19(23)9-11-24-14-19)22-10-8-16(12-22)17-7-5-4-6-15(17)2;/h4-7,16,23H,3,8-14H2,1-2H3,(H,20,21);1H. The van der Waals surface area contributed by atoms with E-state index >= 15 is 0 Å². The molecule has 2 N–H and O–H groups in total. The number of hydrogen-bond donors (Lipinski definition) is 2. The van der Waals surface area contributed by atoms with E-state index in [0.29, 0.717) is 12.5 Å². The summed E-state index contributed by atoms with van der Waals surface area (Å²) in [7, 11) is 0. The van der Waals surface area contributed by atoms with Crippen molar-refractivity contribution in [2.45, 2.75) is 38.2 Å². The zero-order chi connectivity index (χ0) is 17.0. The van der Waals surface area contributed by atoms with Crippen molar-refractivity contribution in [2.75, 3.05) is 37.7 Å². The second kappa shape index (κ2) is 9.46. The van der Waals surface area contributed by atoms with E-state index in [9.17, 15) is 5.11 Å². The number of nitrogens with one attached hydrogen (secondary N) is 1. The SMILES string of the molecule is CCNC(=NCC1(O)CCSC1)N1CCC(c2ccccc2C)C1.I. The molecule has 6 heteroatoms. The van der Waals surface area contributed by atoms with Crippen LogP contribution in [0.3, 0.4) is 0 Å².